The van der Waals surface area contributed by atoms with Gasteiger partial charge in [0.25, 0.3) is 0 Å². The van der Waals surface area contributed by atoms with Crippen LogP contribution in [0.5, 0.6) is 0 Å². The van der Waals surface area contributed by atoms with Crippen molar-refractivity contribution in [2.75, 3.05) is 11.1 Å². The number of aromatic nitrogens is 2. The first-order chi connectivity index (χ1) is 10.7. The zero-order valence-electron chi connectivity index (χ0n) is 12.9. The third-order valence-electron chi connectivity index (χ3n) is 3.17. The van der Waals surface area contributed by atoms with Crippen LogP contribution in [0.2, 0.25) is 0 Å². The van der Waals surface area contributed by atoms with Gasteiger partial charge in [-0.05, 0) is 12.0 Å². The molecule has 1 amide bonds. The van der Waals surface area contributed by atoms with Crippen LogP contribution in [0.25, 0.3) is 0 Å². The highest BCUT2D eigenvalue weighted by molar-refractivity contribution is 7.99. The first-order valence-electron chi connectivity index (χ1n) is 7.44. The Morgan fingerprint density at radius 3 is 2.82 bits per heavy atom. The maximum atomic E-state index is 11.9. The molecule has 0 fully saturated rings. The van der Waals surface area contributed by atoms with E-state index in [1.807, 2.05) is 18.2 Å². The van der Waals surface area contributed by atoms with E-state index in [-0.39, 0.29) is 5.91 Å². The molecule has 0 saturated carbocycles. The molecule has 118 valence electrons. The second-order valence-electron chi connectivity index (χ2n) is 5.16. The molecule has 6 heteroatoms. The average Bonchev–Trinajstić information content (AvgIpc) is 2.97. The Bertz CT molecular complexity index is 586. The monoisotopic (exact) mass is 335 g/mol. The molecule has 1 heterocycles. The van der Waals surface area contributed by atoms with Crippen LogP contribution in [0.4, 0.5) is 5.13 Å². The normalized spacial score (nSPS) is 12.1. The Morgan fingerprint density at radius 1 is 1.32 bits per heavy atom. The van der Waals surface area contributed by atoms with E-state index in [0.717, 1.165) is 23.6 Å². The van der Waals surface area contributed by atoms with Gasteiger partial charge in [0, 0.05) is 11.7 Å². The van der Waals surface area contributed by atoms with Crippen LogP contribution >= 0.6 is 23.1 Å². The minimum Gasteiger partial charge on any atom is -0.300 e. The van der Waals surface area contributed by atoms with Gasteiger partial charge in [0.15, 0.2) is 0 Å². The van der Waals surface area contributed by atoms with E-state index in [1.54, 1.807) is 11.8 Å². The van der Waals surface area contributed by atoms with Crippen molar-refractivity contribution < 1.29 is 4.79 Å². The number of hydrogen-bond acceptors (Lipinski definition) is 5. The number of thioether (sulfide) groups is 1. The maximum Gasteiger partial charge on any atom is 0.236 e. The van der Waals surface area contributed by atoms with Crippen LogP contribution in [0.1, 0.15) is 43.2 Å². The van der Waals surface area contributed by atoms with E-state index in [1.165, 1.54) is 16.9 Å². The van der Waals surface area contributed by atoms with Crippen LogP contribution in [0.3, 0.4) is 0 Å². The largest absolute Gasteiger partial charge is 0.300 e. The molecule has 1 aromatic carbocycles. The van der Waals surface area contributed by atoms with Gasteiger partial charge in [0.2, 0.25) is 11.0 Å². The number of anilines is 1. The van der Waals surface area contributed by atoms with Crippen molar-refractivity contribution >= 4 is 34.1 Å². The van der Waals surface area contributed by atoms with Crippen molar-refractivity contribution in [3.8, 4) is 0 Å². The van der Waals surface area contributed by atoms with Crippen LogP contribution < -0.4 is 5.32 Å². The molecule has 0 saturated heterocycles. The predicted molar refractivity (Wildman–Crippen MR) is 94.5 cm³/mol. The fourth-order valence-corrected chi connectivity index (χ4v) is 3.66. The summed E-state index contributed by atoms with van der Waals surface area (Å²) >= 11 is 3.08. The Kier molecular flexibility index (Phi) is 6.86. The lowest BCUT2D eigenvalue weighted by molar-refractivity contribution is -0.113. The van der Waals surface area contributed by atoms with Gasteiger partial charge in [-0.25, -0.2) is 0 Å². The molecular weight excluding hydrogens is 314 g/mol. The fourth-order valence-electron chi connectivity index (χ4n) is 2.03. The molecule has 0 spiro atoms. The summed E-state index contributed by atoms with van der Waals surface area (Å²) in [6.07, 6.45) is 2.22. The van der Waals surface area contributed by atoms with Crippen molar-refractivity contribution in [3.05, 3.63) is 40.9 Å². The van der Waals surface area contributed by atoms with Gasteiger partial charge in [-0.2, -0.15) is 0 Å². The predicted octanol–water partition coefficient (Wildman–Crippen LogP) is 4.31. The average molecular weight is 335 g/mol. The van der Waals surface area contributed by atoms with E-state index < -0.39 is 0 Å². The van der Waals surface area contributed by atoms with Gasteiger partial charge in [-0.15, -0.1) is 22.0 Å². The van der Waals surface area contributed by atoms with Crippen LogP contribution in [0.15, 0.2) is 30.3 Å². The number of benzene rings is 1. The smallest absolute Gasteiger partial charge is 0.236 e. The quantitative estimate of drug-likeness (QED) is 0.781. The van der Waals surface area contributed by atoms with Gasteiger partial charge in [-0.3, -0.25) is 10.1 Å². The number of carbonyl (C=O) groups excluding carboxylic acids is 1. The lowest BCUT2D eigenvalue weighted by Gasteiger charge is -2.03. The minimum absolute atomic E-state index is 0.0215. The number of nitrogens with zero attached hydrogens (tertiary/aromatic N) is 2. The molecule has 4 nitrogen and oxygen atoms in total. The maximum absolute atomic E-state index is 11.9. The molecule has 0 aliphatic heterocycles. The SMILES string of the molecule is CCCC(C)c1nnc(NC(=O)CSCc2ccccc2)s1. The molecule has 0 radical (unpaired) electrons. The van der Waals surface area contributed by atoms with Crippen LogP contribution in [-0.2, 0) is 10.5 Å². The number of amides is 1. The molecule has 1 N–H and O–H groups in total. The lowest BCUT2D eigenvalue weighted by Crippen LogP contribution is -2.13. The highest BCUT2D eigenvalue weighted by Crippen LogP contribution is 2.26. The van der Waals surface area contributed by atoms with Crippen molar-refractivity contribution in [1.29, 1.82) is 0 Å². The Balaban J connectivity index is 1.75. The van der Waals surface area contributed by atoms with E-state index in [4.69, 9.17) is 0 Å². The molecule has 0 bridgehead atoms. The first kappa shape index (κ1) is 17.0. The molecule has 0 aliphatic carbocycles. The molecule has 0 aliphatic rings. The van der Waals surface area contributed by atoms with E-state index in [9.17, 15) is 4.79 Å². The summed E-state index contributed by atoms with van der Waals surface area (Å²) in [5.74, 6) is 1.64. The molecule has 1 unspecified atom stereocenters. The van der Waals surface area contributed by atoms with Gasteiger partial charge in [0.1, 0.15) is 5.01 Å². The molecule has 22 heavy (non-hydrogen) atoms. The third kappa shape index (κ3) is 5.42. The zero-order valence-corrected chi connectivity index (χ0v) is 14.5. The van der Waals surface area contributed by atoms with Crippen molar-refractivity contribution in [1.82, 2.24) is 10.2 Å². The van der Waals surface area contributed by atoms with Crippen LogP contribution in [0, 0.1) is 0 Å². The van der Waals surface area contributed by atoms with Gasteiger partial charge in [0.05, 0.1) is 5.75 Å². The number of rotatable bonds is 8. The molecule has 2 rings (SSSR count). The summed E-state index contributed by atoms with van der Waals surface area (Å²) in [7, 11) is 0. The summed E-state index contributed by atoms with van der Waals surface area (Å²) in [4.78, 5) is 11.9. The Labute approximate surface area is 139 Å². The topological polar surface area (TPSA) is 54.9 Å². The highest BCUT2D eigenvalue weighted by Gasteiger charge is 2.13. The zero-order chi connectivity index (χ0) is 15.8. The van der Waals surface area contributed by atoms with E-state index in [2.05, 4.69) is 41.5 Å². The second-order valence-corrected chi connectivity index (χ2v) is 7.16. The summed E-state index contributed by atoms with van der Waals surface area (Å²) in [5, 5.41) is 12.6. The first-order valence-corrected chi connectivity index (χ1v) is 9.41. The van der Waals surface area contributed by atoms with Gasteiger partial charge in [-0.1, -0.05) is 61.9 Å². The molecule has 2 aromatic rings. The summed E-state index contributed by atoms with van der Waals surface area (Å²) in [6, 6.07) is 10.1. The van der Waals surface area contributed by atoms with Crippen molar-refractivity contribution in [2.45, 2.75) is 38.4 Å². The Morgan fingerprint density at radius 2 is 2.09 bits per heavy atom. The van der Waals surface area contributed by atoms with Crippen molar-refractivity contribution in [2.24, 2.45) is 0 Å². The van der Waals surface area contributed by atoms with Crippen LogP contribution in [-0.4, -0.2) is 21.9 Å². The summed E-state index contributed by atoms with van der Waals surface area (Å²) in [6.45, 7) is 4.30. The fraction of sp³-hybridized carbons (Fsp3) is 0.438. The third-order valence-corrected chi connectivity index (χ3v) is 5.25. The summed E-state index contributed by atoms with van der Waals surface area (Å²) in [5.41, 5.74) is 1.23. The van der Waals surface area contributed by atoms with E-state index >= 15 is 0 Å². The van der Waals surface area contributed by atoms with Crippen molar-refractivity contribution in [3.63, 3.8) is 0 Å². The number of carbonyl (C=O) groups is 1. The lowest BCUT2D eigenvalue weighted by atomic mass is 10.1. The molecule has 1 aromatic heterocycles. The van der Waals surface area contributed by atoms with Gasteiger partial charge < -0.3 is 0 Å². The standard InChI is InChI=1S/C16H21N3OS2/c1-3-7-12(2)15-18-19-16(22-15)17-14(20)11-21-10-13-8-5-4-6-9-13/h4-6,8-9,12H,3,7,10-11H2,1-2H3,(H,17,19,20). The number of hydrogen-bond donors (Lipinski definition) is 1. The Hall–Kier alpha value is -1.40. The molecular formula is C16H21N3OS2. The second kappa shape index (κ2) is 8.90. The minimum atomic E-state index is -0.0215. The number of nitrogens with one attached hydrogen (secondary N) is 1. The summed E-state index contributed by atoms with van der Waals surface area (Å²) < 4.78 is 0. The highest BCUT2D eigenvalue weighted by atomic mass is 32.2. The van der Waals surface area contributed by atoms with E-state index in [0.29, 0.717) is 16.8 Å². The molecule has 1 atom stereocenters. The van der Waals surface area contributed by atoms with Gasteiger partial charge >= 0.3 is 0 Å².